The lowest BCUT2D eigenvalue weighted by Crippen LogP contribution is -2.25. The van der Waals surface area contributed by atoms with Crippen LogP contribution in [-0.2, 0) is 4.79 Å². The molecule has 0 amide bonds. The second-order valence-electron chi connectivity index (χ2n) is 4.21. The van der Waals surface area contributed by atoms with E-state index < -0.39 is 11.9 Å². The monoisotopic (exact) mass is 237 g/mol. The molecule has 2 atom stereocenters. The Balaban J connectivity index is 2.81. The molecular formula is C13H19NO3. The summed E-state index contributed by atoms with van der Waals surface area (Å²) < 4.78 is 0. The van der Waals surface area contributed by atoms with E-state index in [1.165, 1.54) is 0 Å². The Morgan fingerprint density at radius 1 is 1.47 bits per heavy atom. The van der Waals surface area contributed by atoms with Gasteiger partial charge in [0.2, 0.25) is 0 Å². The van der Waals surface area contributed by atoms with Crippen molar-refractivity contribution in [1.82, 2.24) is 0 Å². The zero-order valence-corrected chi connectivity index (χ0v) is 9.97. The molecule has 4 heteroatoms. The van der Waals surface area contributed by atoms with Crippen LogP contribution in [0.5, 0.6) is 5.75 Å². The van der Waals surface area contributed by atoms with Crippen LogP contribution < -0.4 is 5.73 Å². The molecule has 2 unspecified atom stereocenters. The van der Waals surface area contributed by atoms with E-state index in [9.17, 15) is 9.90 Å². The van der Waals surface area contributed by atoms with Crippen LogP contribution in [0.3, 0.4) is 0 Å². The van der Waals surface area contributed by atoms with Gasteiger partial charge in [0.25, 0.3) is 0 Å². The number of aliphatic carboxylic acids is 1. The molecule has 94 valence electrons. The van der Waals surface area contributed by atoms with Crippen LogP contribution in [0, 0.1) is 5.92 Å². The first-order valence-corrected chi connectivity index (χ1v) is 5.80. The molecule has 4 N–H and O–H groups in total. The fraction of sp³-hybridized carbons (Fsp3) is 0.462. The van der Waals surface area contributed by atoms with E-state index >= 15 is 0 Å². The summed E-state index contributed by atoms with van der Waals surface area (Å²) in [5.41, 5.74) is 6.42. The smallest absolute Gasteiger partial charge is 0.307 e. The van der Waals surface area contributed by atoms with Gasteiger partial charge in [-0.3, -0.25) is 4.79 Å². The minimum Gasteiger partial charge on any atom is -0.508 e. The summed E-state index contributed by atoms with van der Waals surface area (Å²) in [6, 6.07) is 6.96. The number of rotatable bonds is 6. The van der Waals surface area contributed by atoms with Crippen LogP contribution in [-0.4, -0.2) is 22.7 Å². The first kappa shape index (κ1) is 13.5. The molecule has 0 aliphatic carbocycles. The summed E-state index contributed by atoms with van der Waals surface area (Å²) in [6.07, 6.45) is 1.33. The topological polar surface area (TPSA) is 83.6 Å². The number of phenolic OH excluding ortho intramolecular Hbond substituents is 1. The zero-order chi connectivity index (χ0) is 12.8. The standard InChI is InChI=1S/C13H19NO3/c1-2-9(6-11(8-14)13(16)17)10-4-3-5-12(15)7-10/h3-5,7,9,11,15H,2,6,8,14H2,1H3,(H,16,17). The third-order valence-corrected chi connectivity index (χ3v) is 3.04. The minimum atomic E-state index is -0.855. The quantitative estimate of drug-likeness (QED) is 0.706. The van der Waals surface area contributed by atoms with Crippen molar-refractivity contribution in [2.24, 2.45) is 11.7 Å². The predicted octanol–water partition coefficient (Wildman–Crippen LogP) is 1.94. The van der Waals surface area contributed by atoms with E-state index in [1.54, 1.807) is 18.2 Å². The van der Waals surface area contributed by atoms with Gasteiger partial charge in [-0.25, -0.2) is 0 Å². The third kappa shape index (κ3) is 3.75. The molecule has 1 rings (SSSR count). The molecule has 1 aromatic rings. The van der Waals surface area contributed by atoms with Gasteiger partial charge < -0.3 is 15.9 Å². The van der Waals surface area contributed by atoms with E-state index in [0.29, 0.717) is 6.42 Å². The largest absolute Gasteiger partial charge is 0.508 e. The van der Waals surface area contributed by atoms with E-state index in [4.69, 9.17) is 10.8 Å². The Hall–Kier alpha value is -1.55. The number of aromatic hydroxyl groups is 1. The van der Waals surface area contributed by atoms with Crippen molar-refractivity contribution in [1.29, 1.82) is 0 Å². The van der Waals surface area contributed by atoms with Gasteiger partial charge in [-0.15, -0.1) is 0 Å². The Labute approximate surface area is 101 Å². The summed E-state index contributed by atoms with van der Waals surface area (Å²) in [4.78, 5) is 11.0. The number of hydrogen-bond acceptors (Lipinski definition) is 3. The molecule has 1 aromatic carbocycles. The fourth-order valence-corrected chi connectivity index (χ4v) is 1.96. The first-order valence-electron chi connectivity index (χ1n) is 5.80. The van der Waals surface area contributed by atoms with Gasteiger partial charge in [-0.2, -0.15) is 0 Å². The Kier molecular flexibility index (Phi) is 4.97. The number of benzene rings is 1. The SMILES string of the molecule is CCC(CC(CN)C(=O)O)c1cccc(O)c1. The summed E-state index contributed by atoms with van der Waals surface area (Å²) in [6.45, 7) is 2.15. The average Bonchev–Trinajstić information content (AvgIpc) is 2.30. The Morgan fingerprint density at radius 2 is 2.18 bits per heavy atom. The molecule has 0 aliphatic rings. The highest BCUT2D eigenvalue weighted by molar-refractivity contribution is 5.70. The molecular weight excluding hydrogens is 218 g/mol. The molecule has 0 aromatic heterocycles. The van der Waals surface area contributed by atoms with E-state index in [-0.39, 0.29) is 18.2 Å². The molecule has 0 fully saturated rings. The normalized spacial score (nSPS) is 14.2. The molecule has 17 heavy (non-hydrogen) atoms. The van der Waals surface area contributed by atoms with Crippen molar-refractivity contribution in [3.05, 3.63) is 29.8 Å². The van der Waals surface area contributed by atoms with E-state index in [2.05, 4.69) is 0 Å². The molecule has 0 aliphatic heterocycles. The van der Waals surface area contributed by atoms with Gasteiger partial charge in [0.05, 0.1) is 5.92 Å². The van der Waals surface area contributed by atoms with Crippen LogP contribution in [0.1, 0.15) is 31.2 Å². The number of carbonyl (C=O) groups is 1. The lowest BCUT2D eigenvalue weighted by Gasteiger charge is -2.19. The number of nitrogens with two attached hydrogens (primary N) is 1. The van der Waals surface area contributed by atoms with E-state index in [1.807, 2.05) is 13.0 Å². The average molecular weight is 237 g/mol. The summed E-state index contributed by atoms with van der Waals surface area (Å²) in [7, 11) is 0. The van der Waals surface area contributed by atoms with Gasteiger partial charge in [0, 0.05) is 6.54 Å². The maximum atomic E-state index is 11.0. The lowest BCUT2D eigenvalue weighted by molar-refractivity contribution is -0.141. The Morgan fingerprint density at radius 3 is 2.65 bits per heavy atom. The fourth-order valence-electron chi connectivity index (χ4n) is 1.96. The van der Waals surface area contributed by atoms with E-state index in [0.717, 1.165) is 12.0 Å². The highest BCUT2D eigenvalue weighted by atomic mass is 16.4. The molecule has 0 bridgehead atoms. The maximum absolute atomic E-state index is 11.0. The Bertz CT molecular complexity index is 379. The second kappa shape index (κ2) is 6.25. The molecule has 0 spiro atoms. The van der Waals surface area contributed by atoms with Gasteiger partial charge in [0.15, 0.2) is 0 Å². The van der Waals surface area contributed by atoms with Crippen LogP contribution >= 0.6 is 0 Å². The van der Waals surface area contributed by atoms with Crippen LogP contribution in [0.25, 0.3) is 0 Å². The van der Waals surface area contributed by atoms with Crippen molar-refractivity contribution in [3.63, 3.8) is 0 Å². The van der Waals surface area contributed by atoms with Crippen molar-refractivity contribution in [3.8, 4) is 5.75 Å². The van der Waals surface area contributed by atoms with Crippen molar-refractivity contribution >= 4 is 5.97 Å². The molecule has 0 heterocycles. The number of hydrogen-bond donors (Lipinski definition) is 3. The maximum Gasteiger partial charge on any atom is 0.307 e. The highest BCUT2D eigenvalue weighted by Crippen LogP contribution is 2.28. The van der Waals surface area contributed by atoms with Gasteiger partial charge >= 0.3 is 5.97 Å². The number of carboxylic acid groups (broad SMARTS) is 1. The summed E-state index contributed by atoms with van der Waals surface area (Å²) in [5.74, 6) is -1.05. The second-order valence-corrected chi connectivity index (χ2v) is 4.21. The van der Waals surface area contributed by atoms with Crippen LogP contribution in [0.15, 0.2) is 24.3 Å². The minimum absolute atomic E-state index is 0.117. The van der Waals surface area contributed by atoms with Crippen LogP contribution in [0.4, 0.5) is 0 Å². The van der Waals surface area contributed by atoms with Crippen LogP contribution in [0.2, 0.25) is 0 Å². The molecule has 0 saturated heterocycles. The zero-order valence-electron chi connectivity index (χ0n) is 9.97. The van der Waals surface area contributed by atoms with Crippen molar-refractivity contribution in [2.75, 3.05) is 6.54 Å². The predicted molar refractivity (Wildman–Crippen MR) is 65.9 cm³/mol. The molecule has 0 saturated carbocycles. The summed E-state index contributed by atoms with van der Waals surface area (Å²) >= 11 is 0. The molecule has 0 radical (unpaired) electrons. The third-order valence-electron chi connectivity index (χ3n) is 3.04. The van der Waals surface area contributed by atoms with Crippen molar-refractivity contribution < 1.29 is 15.0 Å². The van der Waals surface area contributed by atoms with Gasteiger partial charge in [-0.05, 0) is 36.5 Å². The van der Waals surface area contributed by atoms with Crippen molar-refractivity contribution in [2.45, 2.75) is 25.7 Å². The van der Waals surface area contributed by atoms with Gasteiger partial charge in [0.1, 0.15) is 5.75 Å². The summed E-state index contributed by atoms with van der Waals surface area (Å²) in [5, 5.41) is 18.4. The highest BCUT2D eigenvalue weighted by Gasteiger charge is 2.21. The number of phenols is 1. The lowest BCUT2D eigenvalue weighted by atomic mass is 9.87. The van der Waals surface area contributed by atoms with Gasteiger partial charge in [-0.1, -0.05) is 19.1 Å². The molecule has 4 nitrogen and oxygen atoms in total. The number of carboxylic acids is 1. The first-order chi connectivity index (χ1) is 8.08.